The van der Waals surface area contributed by atoms with Gasteiger partial charge in [0.15, 0.2) is 0 Å². The number of hydrogen-bond donors (Lipinski definition) is 10. The molecule has 1 aromatic heterocycles. The Kier molecular flexibility index (Phi) is 22.2. The molecule has 10 N–H and O–H groups in total. The third kappa shape index (κ3) is 22.0. The van der Waals surface area contributed by atoms with Crippen LogP contribution in [0.25, 0.3) is 0 Å². The number of anilines is 1. The smallest absolute Gasteiger partial charge is 0.481 e. The van der Waals surface area contributed by atoms with Crippen LogP contribution in [-0.2, 0) is 60.3 Å². The lowest BCUT2D eigenvalue weighted by molar-refractivity contribution is -0.141. The summed E-state index contributed by atoms with van der Waals surface area (Å²) in [6.07, 6.45) is -1.29. The van der Waals surface area contributed by atoms with Gasteiger partial charge in [-0.05, 0) is 25.3 Å². The number of aliphatic hydroxyl groups excluding tert-OH is 1. The molecule has 1 saturated heterocycles. The lowest BCUT2D eigenvalue weighted by Crippen LogP contribution is -2.50. The quantitative estimate of drug-likeness (QED) is 0.0211. The second-order valence-electron chi connectivity index (χ2n) is 12.3. The summed E-state index contributed by atoms with van der Waals surface area (Å²) < 4.78 is 52.3. The number of nitrogens with one attached hydrogen (secondary N) is 3. The molecule has 31 heteroatoms. The molecule has 3 unspecified atom stereocenters. The molecule has 0 aromatic carbocycles. The van der Waals surface area contributed by atoms with Gasteiger partial charge < -0.3 is 55.1 Å². The van der Waals surface area contributed by atoms with Crippen LogP contribution in [-0.4, -0.2) is 129 Å². The number of phosphoric ester groups is 1. The predicted molar refractivity (Wildman–Crippen MR) is 203 cm³/mol. The van der Waals surface area contributed by atoms with Crippen LogP contribution in [0.5, 0.6) is 0 Å². The first-order valence-corrected chi connectivity index (χ1v) is 24.2. The number of carbonyl (C=O) groups is 6. The highest BCUT2D eigenvalue weighted by molar-refractivity contribution is 8.76. The van der Waals surface area contributed by atoms with Crippen LogP contribution in [0.1, 0.15) is 64.0 Å². The van der Waals surface area contributed by atoms with Crippen molar-refractivity contribution in [3.63, 3.8) is 0 Å². The molecule has 0 saturated carbocycles. The number of hydrogen-bond acceptors (Lipinski definition) is 19. The summed E-state index contributed by atoms with van der Waals surface area (Å²) in [7, 11) is -13.7. The first kappa shape index (κ1) is 52.2. The number of carboxylic acids is 2. The van der Waals surface area contributed by atoms with Crippen molar-refractivity contribution in [2.45, 2.75) is 88.3 Å². The molecule has 2 heterocycles. The molecule has 26 nitrogen and oxygen atoms in total. The van der Waals surface area contributed by atoms with E-state index in [4.69, 9.17) is 24.7 Å². The molecule has 7 atom stereocenters. The van der Waals surface area contributed by atoms with Crippen LogP contribution >= 0.6 is 45.1 Å². The number of carboxylic acid groups (broad SMARTS) is 2. The van der Waals surface area contributed by atoms with Crippen molar-refractivity contribution in [2.24, 2.45) is 0 Å². The van der Waals surface area contributed by atoms with E-state index < -0.39 is 103 Å². The lowest BCUT2D eigenvalue weighted by atomic mass is 10.1. The molecule has 0 bridgehead atoms. The Morgan fingerprint density at radius 1 is 0.949 bits per heavy atom. The van der Waals surface area contributed by atoms with E-state index in [-0.39, 0.29) is 43.7 Å². The molecule has 59 heavy (non-hydrogen) atoms. The topological polar surface area (TPSA) is 403 Å². The van der Waals surface area contributed by atoms with Gasteiger partial charge in [0.25, 0.3) is 0 Å². The van der Waals surface area contributed by atoms with Crippen LogP contribution in [0.4, 0.5) is 5.82 Å². The number of amides is 2. The summed E-state index contributed by atoms with van der Waals surface area (Å²) in [5.41, 5.74) is -0.892. The van der Waals surface area contributed by atoms with E-state index in [0.29, 0.717) is 25.0 Å². The van der Waals surface area contributed by atoms with Crippen molar-refractivity contribution < 1.29 is 95.2 Å². The monoisotopic (exact) mass is 943 g/mol. The second kappa shape index (κ2) is 25.1. The highest BCUT2D eigenvalue weighted by Crippen LogP contribution is 2.66. The van der Waals surface area contributed by atoms with Crippen molar-refractivity contribution in [2.75, 3.05) is 30.0 Å². The number of aldehydes is 1. The van der Waals surface area contributed by atoms with Gasteiger partial charge in [-0.25, -0.2) is 18.5 Å². The Labute approximate surface area is 342 Å². The van der Waals surface area contributed by atoms with Crippen LogP contribution in [0.2, 0.25) is 0 Å². The SMILES string of the molecule is O=C[C@H](CC(=O)O)NC(=O)[C@H](CC(=O)O)NCC(=O)CCCCCSSCCCC(=O)Nc1ccn([C@H]2CC(O)[C@@H](COP(=O)(O)OP(=O)(O)OP(=O)(O)O)O2)c(=O)n1. The normalized spacial score (nSPS) is 19.8. The standard InChI is InChI=1S/C28H44N5O21P3S2/c34-15-17(11-25(38)39)30-27(42)19(12-26(40)41)29-14-18(35)5-2-1-3-9-58-59-10-4-6-23(37)31-22-7-8-33(28(43)32-22)24-13-20(36)21(52-24)16-51-56(47,48)54-57(49,50)53-55(44,45)46/h7-8,15,17,19-21,24,29,36H,1-6,9-14,16H2,(H,30,42)(H,38,39)(H,40,41)(H,47,48)(H,49,50)(H2,44,45,46)(H,31,32,37,43)/t17-,19-,20?,21+,24+/m0/s1. The maximum atomic E-state index is 12.6. The molecule has 0 radical (unpaired) electrons. The van der Waals surface area contributed by atoms with Gasteiger partial charge in [-0.15, -0.1) is 0 Å². The third-order valence-electron chi connectivity index (χ3n) is 7.46. The Morgan fingerprint density at radius 2 is 1.61 bits per heavy atom. The van der Waals surface area contributed by atoms with Gasteiger partial charge in [0.2, 0.25) is 11.8 Å². The molecule has 1 aromatic rings. The van der Waals surface area contributed by atoms with Gasteiger partial charge in [0.05, 0.1) is 44.2 Å². The average molecular weight is 944 g/mol. The first-order chi connectivity index (χ1) is 27.5. The van der Waals surface area contributed by atoms with E-state index in [0.717, 1.165) is 16.7 Å². The van der Waals surface area contributed by atoms with Crippen LogP contribution in [0, 0.1) is 0 Å². The van der Waals surface area contributed by atoms with Crippen molar-refractivity contribution in [3.05, 3.63) is 22.7 Å². The van der Waals surface area contributed by atoms with E-state index in [2.05, 4.69) is 34.1 Å². The minimum absolute atomic E-state index is 0.0680. The summed E-state index contributed by atoms with van der Waals surface area (Å²) in [6.45, 7) is -1.23. The molecule has 1 aliphatic heterocycles. The number of aliphatic hydroxyl groups is 1. The number of ketones is 1. The van der Waals surface area contributed by atoms with E-state index in [1.807, 2.05) is 0 Å². The van der Waals surface area contributed by atoms with Crippen molar-refractivity contribution in [1.29, 1.82) is 0 Å². The van der Waals surface area contributed by atoms with E-state index in [1.165, 1.54) is 23.1 Å². The van der Waals surface area contributed by atoms with Gasteiger partial charge in [-0.2, -0.15) is 13.6 Å². The molecule has 0 spiro atoms. The van der Waals surface area contributed by atoms with Gasteiger partial charge in [-0.3, -0.25) is 38.4 Å². The Morgan fingerprint density at radius 3 is 2.22 bits per heavy atom. The fourth-order valence-corrected chi connectivity index (χ4v) is 10.1. The summed E-state index contributed by atoms with van der Waals surface area (Å²) in [4.78, 5) is 122. The molecule has 1 aliphatic rings. The molecular formula is C28H44N5O21P3S2. The maximum absolute atomic E-state index is 12.6. The van der Waals surface area contributed by atoms with Crippen molar-refractivity contribution in [1.82, 2.24) is 20.2 Å². The predicted octanol–water partition coefficient (Wildman–Crippen LogP) is 0.0559. The van der Waals surface area contributed by atoms with Crippen molar-refractivity contribution in [3.8, 4) is 0 Å². The number of Topliss-reactive ketones (excluding diaryl/α,β-unsaturated/α-hetero) is 1. The number of nitrogens with zero attached hydrogens (tertiary/aromatic N) is 2. The minimum atomic E-state index is -5.75. The number of phosphoric acid groups is 3. The van der Waals surface area contributed by atoms with Crippen molar-refractivity contribution >= 4 is 86.7 Å². The summed E-state index contributed by atoms with van der Waals surface area (Å²) in [5, 5.41) is 35.3. The maximum Gasteiger partial charge on any atom is 0.490 e. The first-order valence-electron chi connectivity index (χ1n) is 17.2. The second-order valence-corrected chi connectivity index (χ2v) is 19.5. The largest absolute Gasteiger partial charge is 0.490 e. The van der Waals surface area contributed by atoms with E-state index in [9.17, 15) is 62.2 Å². The fourth-order valence-electron chi connectivity index (χ4n) is 4.85. The molecule has 2 amide bonds. The summed E-state index contributed by atoms with van der Waals surface area (Å²) in [6, 6.07) is -1.41. The average Bonchev–Trinajstić information content (AvgIpc) is 3.47. The van der Waals surface area contributed by atoms with Gasteiger partial charge >= 0.3 is 41.1 Å². The van der Waals surface area contributed by atoms with Crippen LogP contribution in [0.15, 0.2) is 17.1 Å². The van der Waals surface area contributed by atoms with Crippen LogP contribution in [0.3, 0.4) is 0 Å². The fraction of sp³-hybridized carbons (Fsp3) is 0.643. The molecule has 0 aliphatic carbocycles. The molecule has 334 valence electrons. The number of unbranched alkanes of at least 4 members (excludes halogenated alkanes) is 2. The lowest BCUT2D eigenvalue weighted by Gasteiger charge is -2.19. The third-order valence-corrected chi connectivity index (χ3v) is 13.8. The van der Waals surface area contributed by atoms with E-state index >= 15 is 0 Å². The molecular weight excluding hydrogens is 899 g/mol. The van der Waals surface area contributed by atoms with Gasteiger partial charge in [0, 0.05) is 37.0 Å². The highest BCUT2D eigenvalue weighted by atomic mass is 33.1. The number of aromatic nitrogens is 2. The Balaban J connectivity index is 1.63. The number of ether oxygens (including phenoxy) is 1. The zero-order chi connectivity index (χ0) is 44.4. The Bertz CT molecular complexity index is 1830. The van der Waals surface area contributed by atoms with Gasteiger partial charge in [-0.1, -0.05) is 28.0 Å². The Hall–Kier alpha value is -2.91. The number of aliphatic carboxylic acids is 2. The zero-order valence-corrected chi connectivity index (χ0v) is 35.0. The summed E-state index contributed by atoms with van der Waals surface area (Å²) >= 11 is 0. The highest BCUT2D eigenvalue weighted by Gasteiger charge is 2.43. The zero-order valence-electron chi connectivity index (χ0n) is 30.7. The van der Waals surface area contributed by atoms with E-state index in [1.54, 1.807) is 10.8 Å². The van der Waals surface area contributed by atoms with Gasteiger partial charge in [0.1, 0.15) is 30.2 Å². The van der Waals surface area contributed by atoms with Crippen LogP contribution < -0.4 is 21.6 Å². The molecule has 1 fully saturated rings. The number of carbonyl (C=O) groups excluding carboxylic acids is 4. The minimum Gasteiger partial charge on any atom is -0.481 e. The number of rotatable bonds is 30. The summed E-state index contributed by atoms with van der Waals surface area (Å²) in [5.74, 6) is -2.97. The molecule has 2 rings (SSSR count).